The van der Waals surface area contributed by atoms with Crippen LogP contribution in [-0.2, 0) is 11.3 Å². The first-order chi connectivity index (χ1) is 16.1. The van der Waals surface area contributed by atoms with Crippen LogP contribution in [0.15, 0.2) is 46.9 Å². The van der Waals surface area contributed by atoms with Crippen LogP contribution in [0.25, 0.3) is 17.5 Å². The van der Waals surface area contributed by atoms with Crippen molar-refractivity contribution in [2.75, 3.05) is 26.9 Å². The van der Waals surface area contributed by atoms with E-state index in [1.54, 1.807) is 36.3 Å². The number of fused-ring (bicyclic) bond motifs is 1. The van der Waals surface area contributed by atoms with Gasteiger partial charge in [-0.3, -0.25) is 4.79 Å². The Balaban J connectivity index is 1.49. The van der Waals surface area contributed by atoms with Gasteiger partial charge in [0.25, 0.3) is 0 Å². The van der Waals surface area contributed by atoms with Gasteiger partial charge in [-0.2, -0.15) is 0 Å². The molecule has 4 rings (SSSR count). The number of nitrogens with zero attached hydrogens (tertiary/aromatic N) is 3. The monoisotopic (exact) mass is 469 g/mol. The van der Waals surface area contributed by atoms with E-state index in [4.69, 9.17) is 30.2 Å². The summed E-state index contributed by atoms with van der Waals surface area (Å²) in [5, 5.41) is 8.68. The molecule has 2 aromatic carbocycles. The predicted molar refractivity (Wildman–Crippen MR) is 123 cm³/mol. The van der Waals surface area contributed by atoms with E-state index in [1.807, 2.05) is 25.1 Å². The zero-order valence-electron chi connectivity index (χ0n) is 18.4. The fourth-order valence-corrected chi connectivity index (χ4v) is 3.64. The van der Waals surface area contributed by atoms with Crippen molar-refractivity contribution in [3.63, 3.8) is 0 Å². The van der Waals surface area contributed by atoms with E-state index in [1.165, 1.54) is 6.08 Å². The molecule has 172 valence electrons. The highest BCUT2D eigenvalue weighted by Crippen LogP contribution is 2.40. The number of hydrogen-bond acceptors (Lipinski definition) is 7. The fourth-order valence-electron chi connectivity index (χ4n) is 3.42. The van der Waals surface area contributed by atoms with Crippen molar-refractivity contribution >= 4 is 23.6 Å². The summed E-state index contributed by atoms with van der Waals surface area (Å²) in [7, 11) is 1.57. The Morgan fingerprint density at radius 2 is 2.03 bits per heavy atom. The predicted octanol–water partition coefficient (Wildman–Crippen LogP) is 4.62. The lowest BCUT2D eigenvalue weighted by molar-refractivity contribution is -0.126. The maximum Gasteiger partial charge on any atom is 0.249 e. The van der Waals surface area contributed by atoms with Crippen molar-refractivity contribution in [1.29, 1.82) is 0 Å². The van der Waals surface area contributed by atoms with E-state index in [2.05, 4.69) is 10.2 Å². The molecule has 0 saturated carbocycles. The summed E-state index contributed by atoms with van der Waals surface area (Å²) < 4.78 is 22.4. The minimum absolute atomic E-state index is 0.178. The highest BCUT2D eigenvalue weighted by Gasteiger charge is 2.19. The van der Waals surface area contributed by atoms with Crippen LogP contribution in [0.2, 0.25) is 5.02 Å². The summed E-state index contributed by atoms with van der Waals surface area (Å²) in [6.45, 7) is 3.67. The number of hydrogen-bond donors (Lipinski definition) is 0. The number of carbonyl (C=O) groups excluding carboxylic acids is 1. The lowest BCUT2D eigenvalue weighted by Crippen LogP contribution is -2.29. The molecule has 0 N–H and O–H groups in total. The average molecular weight is 470 g/mol. The first-order valence-corrected chi connectivity index (χ1v) is 11.0. The topological polar surface area (TPSA) is 86.9 Å². The van der Waals surface area contributed by atoms with Gasteiger partial charge in [0.05, 0.1) is 24.2 Å². The van der Waals surface area contributed by atoms with Gasteiger partial charge in [0.1, 0.15) is 13.2 Å². The number of amides is 1. The zero-order chi connectivity index (χ0) is 23.2. The molecule has 0 spiro atoms. The van der Waals surface area contributed by atoms with Crippen LogP contribution in [0.4, 0.5) is 0 Å². The van der Waals surface area contributed by atoms with Gasteiger partial charge in [-0.15, -0.1) is 10.2 Å². The molecule has 2 heterocycles. The van der Waals surface area contributed by atoms with Gasteiger partial charge in [0.15, 0.2) is 11.5 Å². The lowest BCUT2D eigenvalue weighted by atomic mass is 10.1. The van der Waals surface area contributed by atoms with Crippen LogP contribution < -0.4 is 14.2 Å². The second kappa shape index (κ2) is 10.4. The Kier molecular flexibility index (Phi) is 7.14. The van der Waals surface area contributed by atoms with Gasteiger partial charge in [0, 0.05) is 12.6 Å². The van der Waals surface area contributed by atoms with Gasteiger partial charge >= 0.3 is 0 Å². The summed E-state index contributed by atoms with van der Waals surface area (Å²) in [4.78, 5) is 14.6. The molecule has 0 unspecified atom stereocenters. The third-order valence-corrected chi connectivity index (χ3v) is 5.30. The average Bonchev–Trinajstić information content (AvgIpc) is 3.30. The summed E-state index contributed by atoms with van der Waals surface area (Å²) in [5.74, 6) is 2.20. The molecule has 0 bridgehead atoms. The first-order valence-electron chi connectivity index (χ1n) is 10.6. The zero-order valence-corrected chi connectivity index (χ0v) is 19.2. The van der Waals surface area contributed by atoms with Crippen molar-refractivity contribution < 1.29 is 23.4 Å². The van der Waals surface area contributed by atoms with Crippen LogP contribution in [-0.4, -0.2) is 47.9 Å². The lowest BCUT2D eigenvalue weighted by Gasteiger charge is -2.21. The van der Waals surface area contributed by atoms with Gasteiger partial charge in [-0.05, 0) is 42.3 Å². The number of rotatable bonds is 8. The van der Waals surface area contributed by atoms with Crippen molar-refractivity contribution in [2.45, 2.75) is 19.9 Å². The molecule has 0 atom stereocenters. The third kappa shape index (κ3) is 5.28. The second-order valence-corrected chi connectivity index (χ2v) is 7.73. The van der Waals surface area contributed by atoms with Crippen LogP contribution in [0, 0.1) is 0 Å². The van der Waals surface area contributed by atoms with E-state index in [9.17, 15) is 4.79 Å². The molecular weight excluding hydrogens is 446 g/mol. The molecule has 33 heavy (non-hydrogen) atoms. The SMILES string of the molecule is CCCN(Cc1nnc(-c2ccccc2Cl)o1)C(=O)/C=C/c1cc(OC)c2c(c1)OCCO2. The molecule has 0 aliphatic carbocycles. The molecule has 0 radical (unpaired) electrons. The summed E-state index contributed by atoms with van der Waals surface area (Å²) in [6.07, 6.45) is 4.00. The molecule has 9 heteroatoms. The molecule has 0 fully saturated rings. The Labute approximate surface area is 196 Å². The Hall–Kier alpha value is -3.52. The van der Waals surface area contributed by atoms with E-state index >= 15 is 0 Å². The number of ether oxygens (including phenoxy) is 3. The molecule has 8 nitrogen and oxygen atoms in total. The Bertz CT molecular complexity index is 1140. The number of benzene rings is 2. The Morgan fingerprint density at radius 1 is 1.21 bits per heavy atom. The van der Waals surface area contributed by atoms with E-state index in [0.29, 0.717) is 59.4 Å². The second-order valence-electron chi connectivity index (χ2n) is 7.32. The minimum atomic E-state index is -0.178. The fraction of sp³-hybridized carbons (Fsp3) is 0.292. The van der Waals surface area contributed by atoms with Crippen LogP contribution in [0.1, 0.15) is 24.8 Å². The number of halogens is 1. The molecule has 0 saturated heterocycles. The largest absolute Gasteiger partial charge is 0.493 e. The normalized spacial score (nSPS) is 12.7. The van der Waals surface area contributed by atoms with Crippen molar-refractivity contribution in [1.82, 2.24) is 15.1 Å². The first kappa shape index (κ1) is 22.7. The molecule has 1 amide bonds. The third-order valence-electron chi connectivity index (χ3n) is 4.97. The van der Waals surface area contributed by atoms with E-state index in [0.717, 1.165) is 12.0 Å². The minimum Gasteiger partial charge on any atom is -0.493 e. The maximum absolute atomic E-state index is 12.9. The quantitative estimate of drug-likeness (QED) is 0.445. The summed E-state index contributed by atoms with van der Waals surface area (Å²) in [6, 6.07) is 10.8. The van der Waals surface area contributed by atoms with Crippen molar-refractivity contribution in [3.8, 4) is 28.7 Å². The van der Waals surface area contributed by atoms with Gasteiger partial charge in [-0.25, -0.2) is 0 Å². The van der Waals surface area contributed by atoms with Gasteiger partial charge in [0.2, 0.25) is 23.4 Å². The summed E-state index contributed by atoms with van der Waals surface area (Å²) in [5.41, 5.74) is 1.42. The van der Waals surface area contributed by atoms with Crippen LogP contribution in [0.5, 0.6) is 17.2 Å². The highest BCUT2D eigenvalue weighted by atomic mass is 35.5. The van der Waals surface area contributed by atoms with Gasteiger partial charge < -0.3 is 23.5 Å². The van der Waals surface area contributed by atoms with Gasteiger partial charge in [-0.1, -0.05) is 30.7 Å². The van der Waals surface area contributed by atoms with Crippen molar-refractivity contribution in [2.24, 2.45) is 0 Å². The smallest absolute Gasteiger partial charge is 0.249 e. The highest BCUT2D eigenvalue weighted by molar-refractivity contribution is 6.33. The molecule has 3 aromatic rings. The van der Waals surface area contributed by atoms with E-state index < -0.39 is 0 Å². The van der Waals surface area contributed by atoms with Crippen LogP contribution in [0.3, 0.4) is 0 Å². The maximum atomic E-state index is 12.9. The molecular formula is C24H24ClN3O5. The number of carbonyl (C=O) groups is 1. The van der Waals surface area contributed by atoms with Crippen molar-refractivity contribution in [3.05, 3.63) is 59.0 Å². The number of aromatic nitrogens is 2. The Morgan fingerprint density at radius 3 is 2.82 bits per heavy atom. The molecule has 1 aliphatic rings. The van der Waals surface area contributed by atoms with Crippen LogP contribution >= 0.6 is 11.6 Å². The molecule has 1 aliphatic heterocycles. The number of methoxy groups -OCH3 is 1. The standard InChI is InChI=1S/C24H24ClN3O5/c1-3-10-28(15-21-26-27-24(33-21)17-6-4-5-7-18(17)25)22(29)9-8-16-13-19(30-2)23-20(14-16)31-11-12-32-23/h4-9,13-14H,3,10-12,15H2,1-2H3/b9-8+. The molecule has 1 aromatic heterocycles. The summed E-state index contributed by atoms with van der Waals surface area (Å²) >= 11 is 6.21. The van der Waals surface area contributed by atoms with E-state index in [-0.39, 0.29) is 12.5 Å².